The quantitative estimate of drug-likeness (QED) is 0.354. The van der Waals surface area contributed by atoms with E-state index in [0.29, 0.717) is 17.1 Å². The van der Waals surface area contributed by atoms with Crippen molar-refractivity contribution in [2.75, 3.05) is 0 Å². The molecule has 1 aromatic heterocycles. The molecule has 0 bridgehead atoms. The number of sulfonamides is 1. The van der Waals surface area contributed by atoms with Gasteiger partial charge in [0.1, 0.15) is 11.5 Å². The van der Waals surface area contributed by atoms with E-state index < -0.39 is 14.9 Å². The normalized spacial score (nSPS) is 12.2. The van der Waals surface area contributed by atoms with Crippen LogP contribution in [0.2, 0.25) is 0 Å². The van der Waals surface area contributed by atoms with Gasteiger partial charge in [0.05, 0.1) is 16.0 Å². The van der Waals surface area contributed by atoms with Crippen LogP contribution >= 0.6 is 0 Å². The number of hydrogen-bond donors (Lipinski definition) is 1. The third-order valence-corrected chi connectivity index (χ3v) is 5.62. The number of non-ortho nitro benzene ring substituents is 1. The van der Waals surface area contributed by atoms with Crippen molar-refractivity contribution in [3.05, 3.63) is 82.1 Å². The molecule has 156 valence electrons. The molecule has 0 aliphatic carbocycles. The van der Waals surface area contributed by atoms with Gasteiger partial charge in [-0.3, -0.25) is 10.1 Å². The molecule has 1 heterocycles. The maximum Gasteiger partial charge on any atom is 0.276 e. The van der Waals surface area contributed by atoms with Crippen LogP contribution in [0.3, 0.4) is 0 Å². The Labute approximate surface area is 174 Å². The van der Waals surface area contributed by atoms with Crippen LogP contribution in [0.25, 0.3) is 11.3 Å². The molecule has 2 aromatic carbocycles. The van der Waals surface area contributed by atoms with E-state index >= 15 is 0 Å². The lowest BCUT2D eigenvalue weighted by Gasteiger charge is -2.19. The van der Waals surface area contributed by atoms with Crippen LogP contribution in [0, 0.1) is 10.1 Å². The highest BCUT2D eigenvalue weighted by molar-refractivity contribution is 7.89. The second-order valence-electron chi connectivity index (χ2n) is 7.63. The van der Waals surface area contributed by atoms with Gasteiger partial charge in [-0.25, -0.2) is 0 Å². The highest BCUT2D eigenvalue weighted by Gasteiger charge is 2.17. The Hall–Kier alpha value is -3.46. The van der Waals surface area contributed by atoms with Crippen molar-refractivity contribution in [3.8, 4) is 11.3 Å². The highest BCUT2D eigenvalue weighted by atomic mass is 32.2. The number of hydrazone groups is 1. The number of nitro groups is 1. The molecule has 30 heavy (non-hydrogen) atoms. The Morgan fingerprint density at radius 1 is 1.00 bits per heavy atom. The molecule has 0 amide bonds. The molecule has 0 aliphatic heterocycles. The minimum Gasteiger partial charge on any atom is -0.455 e. The minimum atomic E-state index is -3.80. The van der Waals surface area contributed by atoms with Crippen LogP contribution in [0.15, 0.2) is 75.1 Å². The molecule has 3 aromatic rings. The van der Waals surface area contributed by atoms with Gasteiger partial charge in [-0.2, -0.15) is 18.4 Å². The number of rotatable bonds is 6. The lowest BCUT2D eigenvalue weighted by molar-refractivity contribution is -0.384. The summed E-state index contributed by atoms with van der Waals surface area (Å²) < 4.78 is 30.4. The van der Waals surface area contributed by atoms with Crippen LogP contribution in [0.1, 0.15) is 32.1 Å². The lowest BCUT2D eigenvalue weighted by Crippen LogP contribution is -2.19. The molecule has 1 N–H and O–H groups in total. The second kappa shape index (κ2) is 8.11. The van der Waals surface area contributed by atoms with Crippen molar-refractivity contribution in [2.24, 2.45) is 5.10 Å². The van der Waals surface area contributed by atoms with Gasteiger partial charge in [0.25, 0.3) is 15.7 Å². The zero-order chi connectivity index (χ0) is 21.9. The third-order valence-electron chi connectivity index (χ3n) is 4.38. The fourth-order valence-electron chi connectivity index (χ4n) is 2.67. The van der Waals surface area contributed by atoms with Gasteiger partial charge in [-0.05, 0) is 47.4 Å². The van der Waals surface area contributed by atoms with Crippen molar-refractivity contribution in [1.82, 2.24) is 4.83 Å². The number of nitrogens with zero attached hydrogens (tertiary/aromatic N) is 2. The van der Waals surface area contributed by atoms with Gasteiger partial charge >= 0.3 is 0 Å². The summed E-state index contributed by atoms with van der Waals surface area (Å²) in [4.78, 5) is 12.5. The summed E-state index contributed by atoms with van der Waals surface area (Å²) in [5, 5.41) is 14.5. The number of hydrogen-bond acceptors (Lipinski definition) is 6. The van der Waals surface area contributed by atoms with Gasteiger partial charge in [0.2, 0.25) is 0 Å². The molecule has 9 heteroatoms. The van der Waals surface area contributed by atoms with Gasteiger partial charge in [0, 0.05) is 17.7 Å². The van der Waals surface area contributed by atoms with Crippen LogP contribution in [0.4, 0.5) is 5.69 Å². The molecule has 0 saturated heterocycles. The first-order valence-corrected chi connectivity index (χ1v) is 10.5. The molecule has 0 atom stereocenters. The maximum absolute atomic E-state index is 12.4. The monoisotopic (exact) mass is 427 g/mol. The van der Waals surface area contributed by atoms with E-state index in [0.717, 1.165) is 5.56 Å². The molecular weight excluding hydrogens is 406 g/mol. The summed E-state index contributed by atoms with van der Waals surface area (Å²) >= 11 is 0. The average molecular weight is 427 g/mol. The topological polar surface area (TPSA) is 115 Å². The zero-order valence-electron chi connectivity index (χ0n) is 16.7. The Morgan fingerprint density at radius 3 is 2.20 bits per heavy atom. The molecule has 0 saturated carbocycles. The van der Waals surface area contributed by atoms with E-state index in [4.69, 9.17) is 4.42 Å². The fourth-order valence-corrected chi connectivity index (χ4v) is 3.46. The average Bonchev–Trinajstić information content (AvgIpc) is 3.16. The molecule has 0 spiro atoms. The smallest absolute Gasteiger partial charge is 0.276 e. The van der Waals surface area contributed by atoms with Crippen LogP contribution in [-0.4, -0.2) is 19.6 Å². The summed E-state index contributed by atoms with van der Waals surface area (Å²) in [6, 6.07) is 15.8. The Balaban J connectivity index is 1.68. The Kier molecular flexibility index (Phi) is 5.75. The van der Waals surface area contributed by atoms with E-state index in [-0.39, 0.29) is 16.0 Å². The van der Waals surface area contributed by atoms with Crippen molar-refractivity contribution < 1.29 is 17.8 Å². The number of furan rings is 1. The first kappa shape index (κ1) is 21.3. The standard InChI is InChI=1S/C21H21N3O5S/c1-21(2,3)16-6-11-19(12-7-16)30(27,28)23-22-14-18-10-13-20(29-18)15-4-8-17(9-5-15)24(25)26/h4-14,23H,1-3H3. The number of benzene rings is 2. The van der Waals surface area contributed by atoms with Gasteiger partial charge < -0.3 is 4.42 Å². The minimum absolute atomic E-state index is 0.0166. The van der Waals surface area contributed by atoms with Crippen molar-refractivity contribution in [3.63, 3.8) is 0 Å². The predicted octanol–water partition coefficient (Wildman–Crippen LogP) is 4.46. The largest absolute Gasteiger partial charge is 0.455 e. The Morgan fingerprint density at radius 2 is 1.63 bits per heavy atom. The molecular formula is C21H21N3O5S. The van der Waals surface area contributed by atoms with Crippen LogP contribution in [-0.2, 0) is 15.4 Å². The molecule has 3 rings (SSSR count). The molecule has 8 nitrogen and oxygen atoms in total. The third kappa shape index (κ3) is 4.93. The molecule has 0 aliphatic rings. The lowest BCUT2D eigenvalue weighted by atomic mass is 9.87. The summed E-state index contributed by atoms with van der Waals surface area (Å²) in [7, 11) is -3.80. The first-order chi connectivity index (χ1) is 14.1. The van der Waals surface area contributed by atoms with E-state index in [9.17, 15) is 18.5 Å². The van der Waals surface area contributed by atoms with E-state index in [1.165, 1.54) is 30.5 Å². The SMILES string of the molecule is CC(C)(C)c1ccc(S(=O)(=O)NN=Cc2ccc(-c3ccc([N+](=O)[O-])cc3)o2)cc1. The maximum atomic E-state index is 12.4. The highest BCUT2D eigenvalue weighted by Crippen LogP contribution is 2.25. The van der Waals surface area contributed by atoms with Crippen LogP contribution in [0.5, 0.6) is 0 Å². The molecule has 0 fully saturated rings. The molecule has 0 radical (unpaired) electrons. The number of nitro benzene ring substituents is 1. The van der Waals surface area contributed by atoms with Crippen molar-refractivity contribution in [1.29, 1.82) is 0 Å². The van der Waals surface area contributed by atoms with Crippen molar-refractivity contribution in [2.45, 2.75) is 31.1 Å². The van der Waals surface area contributed by atoms with E-state index in [1.54, 1.807) is 36.4 Å². The van der Waals surface area contributed by atoms with Crippen LogP contribution < -0.4 is 4.83 Å². The number of nitrogens with one attached hydrogen (secondary N) is 1. The van der Waals surface area contributed by atoms with E-state index in [2.05, 4.69) is 9.93 Å². The zero-order valence-corrected chi connectivity index (χ0v) is 17.5. The van der Waals surface area contributed by atoms with Gasteiger partial charge in [0.15, 0.2) is 0 Å². The summed E-state index contributed by atoms with van der Waals surface area (Å²) in [6.07, 6.45) is 1.25. The van der Waals surface area contributed by atoms with Crippen molar-refractivity contribution >= 4 is 21.9 Å². The second-order valence-corrected chi connectivity index (χ2v) is 9.29. The fraction of sp³-hybridized carbons (Fsp3) is 0.190. The summed E-state index contributed by atoms with van der Waals surface area (Å²) in [6.45, 7) is 6.15. The Bertz CT molecular complexity index is 1170. The summed E-state index contributed by atoms with van der Waals surface area (Å²) in [5.41, 5.74) is 1.59. The first-order valence-electron chi connectivity index (χ1n) is 9.06. The van der Waals surface area contributed by atoms with E-state index in [1.807, 2.05) is 20.8 Å². The van der Waals surface area contributed by atoms with Gasteiger partial charge in [-0.15, -0.1) is 0 Å². The molecule has 0 unspecified atom stereocenters. The summed E-state index contributed by atoms with van der Waals surface area (Å²) in [5.74, 6) is 0.807. The predicted molar refractivity (Wildman–Crippen MR) is 114 cm³/mol. The van der Waals surface area contributed by atoms with Gasteiger partial charge in [-0.1, -0.05) is 32.9 Å².